The quantitative estimate of drug-likeness (QED) is 0.467. The van der Waals surface area contributed by atoms with E-state index in [1.54, 1.807) is 6.07 Å². The van der Waals surface area contributed by atoms with Crippen molar-refractivity contribution >= 4 is 17.3 Å². The molecule has 0 amide bonds. The van der Waals surface area contributed by atoms with Crippen molar-refractivity contribution in [3.63, 3.8) is 0 Å². The summed E-state index contributed by atoms with van der Waals surface area (Å²) in [5, 5.41) is 20.2. The Morgan fingerprint density at radius 2 is 2.00 bits per heavy atom. The highest BCUT2D eigenvalue weighted by Gasteiger charge is 2.31. The third-order valence-electron chi connectivity index (χ3n) is 3.43. The van der Waals surface area contributed by atoms with Gasteiger partial charge in [-0.3, -0.25) is 14.9 Å². The molecule has 1 unspecified atom stereocenters. The van der Waals surface area contributed by atoms with Crippen molar-refractivity contribution in [2.75, 3.05) is 5.73 Å². The molecule has 0 heterocycles. The van der Waals surface area contributed by atoms with E-state index >= 15 is 0 Å². The number of nitrogens with two attached hydrogens (primary N) is 1. The fourth-order valence-corrected chi connectivity index (χ4v) is 2.35. The lowest BCUT2D eigenvalue weighted by Crippen LogP contribution is -2.22. The monoisotopic (exact) mass is 266 g/mol. The first-order valence-electron chi connectivity index (χ1n) is 6.19. The first-order chi connectivity index (χ1) is 8.93. The summed E-state index contributed by atoms with van der Waals surface area (Å²) in [6, 6.07) is 4.31. The molecule has 0 saturated heterocycles. The lowest BCUT2D eigenvalue weighted by Gasteiger charge is -2.22. The van der Waals surface area contributed by atoms with Gasteiger partial charge in [-0.15, -0.1) is 0 Å². The first kappa shape index (κ1) is 14.9. The third-order valence-corrected chi connectivity index (χ3v) is 3.43. The number of para-hydroxylation sites is 1. The van der Waals surface area contributed by atoms with Gasteiger partial charge in [-0.25, -0.2) is 0 Å². The Hall–Kier alpha value is -2.11. The minimum atomic E-state index is -0.999. The minimum Gasteiger partial charge on any atom is -0.481 e. The number of hydrogen-bond acceptors (Lipinski definition) is 4. The molecule has 0 spiro atoms. The zero-order valence-corrected chi connectivity index (χ0v) is 11.0. The van der Waals surface area contributed by atoms with E-state index in [1.165, 1.54) is 12.1 Å². The number of nitro benzene ring substituents is 1. The van der Waals surface area contributed by atoms with E-state index in [4.69, 9.17) is 5.73 Å². The van der Waals surface area contributed by atoms with Crippen molar-refractivity contribution < 1.29 is 14.8 Å². The van der Waals surface area contributed by atoms with Crippen LogP contribution in [0.15, 0.2) is 18.2 Å². The van der Waals surface area contributed by atoms with Gasteiger partial charge in [0.1, 0.15) is 5.69 Å². The Balaban J connectivity index is 3.35. The van der Waals surface area contributed by atoms with Crippen LogP contribution in [0, 0.1) is 16.0 Å². The number of nitrogen functional groups attached to an aromatic ring is 1. The van der Waals surface area contributed by atoms with E-state index in [9.17, 15) is 20.0 Å². The van der Waals surface area contributed by atoms with Crippen molar-refractivity contribution in [2.24, 2.45) is 5.92 Å². The van der Waals surface area contributed by atoms with Crippen LogP contribution in [0.5, 0.6) is 0 Å². The number of carboxylic acids is 1. The summed E-state index contributed by atoms with van der Waals surface area (Å²) in [5.74, 6) is -1.90. The zero-order valence-electron chi connectivity index (χ0n) is 11.0. The number of nitro groups is 1. The van der Waals surface area contributed by atoms with Gasteiger partial charge in [-0.05, 0) is 11.5 Å². The van der Waals surface area contributed by atoms with Gasteiger partial charge >= 0.3 is 5.97 Å². The number of nitrogens with zero attached hydrogens (tertiary/aromatic N) is 1. The van der Waals surface area contributed by atoms with Gasteiger partial charge in [-0.2, -0.15) is 0 Å². The summed E-state index contributed by atoms with van der Waals surface area (Å²) in [5.41, 5.74) is 5.80. The SMILES string of the molecule is CCC(CC)C(C(=O)O)c1cccc([N+](=O)[O-])c1N. The summed E-state index contributed by atoms with van der Waals surface area (Å²) >= 11 is 0. The smallest absolute Gasteiger partial charge is 0.311 e. The average molecular weight is 266 g/mol. The molecule has 0 saturated carbocycles. The molecule has 1 rings (SSSR count). The Kier molecular flexibility index (Phi) is 4.86. The highest BCUT2D eigenvalue weighted by Crippen LogP contribution is 2.37. The van der Waals surface area contributed by atoms with Crippen molar-refractivity contribution in [1.29, 1.82) is 0 Å². The lowest BCUT2D eigenvalue weighted by atomic mass is 9.82. The van der Waals surface area contributed by atoms with Crippen LogP contribution < -0.4 is 5.73 Å². The van der Waals surface area contributed by atoms with Crippen LogP contribution in [0.2, 0.25) is 0 Å². The topological polar surface area (TPSA) is 106 Å². The lowest BCUT2D eigenvalue weighted by molar-refractivity contribution is -0.384. The molecule has 0 aliphatic rings. The van der Waals surface area contributed by atoms with E-state index in [2.05, 4.69) is 0 Å². The van der Waals surface area contributed by atoms with Crippen molar-refractivity contribution in [2.45, 2.75) is 32.6 Å². The van der Waals surface area contributed by atoms with Gasteiger partial charge in [0.05, 0.1) is 10.8 Å². The first-order valence-corrected chi connectivity index (χ1v) is 6.19. The molecule has 0 radical (unpaired) electrons. The Labute approximate surface area is 111 Å². The summed E-state index contributed by atoms with van der Waals surface area (Å²) in [4.78, 5) is 21.7. The van der Waals surface area contributed by atoms with Crippen LogP contribution in [-0.4, -0.2) is 16.0 Å². The molecule has 0 fully saturated rings. The van der Waals surface area contributed by atoms with Gasteiger partial charge in [0.15, 0.2) is 0 Å². The molecule has 0 aliphatic carbocycles. The van der Waals surface area contributed by atoms with E-state index in [-0.39, 0.29) is 17.3 Å². The molecule has 19 heavy (non-hydrogen) atoms. The number of carboxylic acid groups (broad SMARTS) is 1. The summed E-state index contributed by atoms with van der Waals surface area (Å²) in [6.07, 6.45) is 1.35. The number of carbonyl (C=O) groups is 1. The second kappa shape index (κ2) is 6.17. The van der Waals surface area contributed by atoms with E-state index in [1.807, 2.05) is 13.8 Å². The maximum absolute atomic E-state index is 11.5. The van der Waals surface area contributed by atoms with Crippen molar-refractivity contribution in [1.82, 2.24) is 0 Å². The minimum absolute atomic E-state index is 0.0493. The second-order valence-electron chi connectivity index (χ2n) is 4.43. The molecular formula is C13H18N2O4. The highest BCUT2D eigenvalue weighted by atomic mass is 16.6. The van der Waals surface area contributed by atoms with Crippen LogP contribution in [-0.2, 0) is 4.79 Å². The number of hydrogen-bond donors (Lipinski definition) is 2. The number of aliphatic carboxylic acids is 1. The van der Waals surface area contributed by atoms with Gasteiger partial charge in [-0.1, -0.05) is 38.8 Å². The Bertz CT molecular complexity index is 484. The van der Waals surface area contributed by atoms with E-state index < -0.39 is 16.8 Å². The fraction of sp³-hybridized carbons (Fsp3) is 0.462. The van der Waals surface area contributed by atoms with Gasteiger partial charge < -0.3 is 10.8 Å². The van der Waals surface area contributed by atoms with E-state index in [0.717, 1.165) is 0 Å². The number of anilines is 1. The van der Waals surface area contributed by atoms with Gasteiger partial charge in [0.2, 0.25) is 0 Å². The molecule has 1 atom stereocenters. The largest absolute Gasteiger partial charge is 0.481 e. The molecule has 1 aromatic carbocycles. The molecule has 3 N–H and O–H groups in total. The van der Waals surface area contributed by atoms with Crippen molar-refractivity contribution in [3.05, 3.63) is 33.9 Å². The Morgan fingerprint density at radius 1 is 1.42 bits per heavy atom. The fourth-order valence-electron chi connectivity index (χ4n) is 2.35. The van der Waals surface area contributed by atoms with Crippen LogP contribution in [0.25, 0.3) is 0 Å². The van der Waals surface area contributed by atoms with Crippen LogP contribution in [0.1, 0.15) is 38.2 Å². The second-order valence-corrected chi connectivity index (χ2v) is 4.43. The predicted molar refractivity (Wildman–Crippen MR) is 72.0 cm³/mol. The molecular weight excluding hydrogens is 248 g/mol. The third kappa shape index (κ3) is 3.01. The molecule has 0 aromatic heterocycles. The number of benzene rings is 1. The maximum Gasteiger partial charge on any atom is 0.311 e. The molecule has 0 bridgehead atoms. The summed E-state index contributed by atoms with van der Waals surface area (Å²) < 4.78 is 0. The standard InChI is InChI=1S/C13H18N2O4/c1-3-8(4-2)11(13(16)17)9-6-5-7-10(12(9)14)15(18)19/h5-8,11H,3-4,14H2,1-2H3,(H,16,17). The van der Waals surface area contributed by atoms with Gasteiger partial charge in [0, 0.05) is 6.07 Å². The highest BCUT2D eigenvalue weighted by molar-refractivity contribution is 5.81. The van der Waals surface area contributed by atoms with Gasteiger partial charge in [0.25, 0.3) is 5.69 Å². The zero-order chi connectivity index (χ0) is 14.6. The van der Waals surface area contributed by atoms with E-state index in [0.29, 0.717) is 18.4 Å². The predicted octanol–water partition coefficient (Wildman–Crippen LogP) is 2.78. The molecule has 6 heteroatoms. The number of rotatable bonds is 6. The van der Waals surface area contributed by atoms with Crippen LogP contribution in [0.4, 0.5) is 11.4 Å². The summed E-state index contributed by atoms with van der Waals surface area (Å²) in [6.45, 7) is 3.80. The summed E-state index contributed by atoms with van der Waals surface area (Å²) in [7, 11) is 0. The van der Waals surface area contributed by atoms with Crippen LogP contribution >= 0.6 is 0 Å². The van der Waals surface area contributed by atoms with Crippen LogP contribution in [0.3, 0.4) is 0 Å². The molecule has 6 nitrogen and oxygen atoms in total. The Morgan fingerprint density at radius 3 is 2.42 bits per heavy atom. The molecule has 104 valence electrons. The molecule has 0 aliphatic heterocycles. The molecule has 1 aromatic rings. The average Bonchev–Trinajstić information content (AvgIpc) is 2.36. The maximum atomic E-state index is 11.5. The normalized spacial score (nSPS) is 12.4. The van der Waals surface area contributed by atoms with Crippen molar-refractivity contribution in [3.8, 4) is 0 Å².